The van der Waals surface area contributed by atoms with E-state index >= 15 is 0 Å². The van der Waals surface area contributed by atoms with E-state index in [1.54, 1.807) is 18.4 Å². The first-order chi connectivity index (χ1) is 20.3. The Bertz CT molecular complexity index is 1830. The van der Waals surface area contributed by atoms with E-state index in [1.165, 1.54) is 23.1 Å². The number of fused-ring (bicyclic) bond motifs is 4. The maximum Gasteiger partial charge on any atom is 0.267 e. The Kier molecular flexibility index (Phi) is 11.2. The molecule has 0 aliphatic carbocycles. The van der Waals surface area contributed by atoms with E-state index in [2.05, 4.69) is 25.8 Å². The highest BCUT2D eigenvalue weighted by molar-refractivity contribution is 8.04. The smallest absolute Gasteiger partial charge is 0.267 e. The number of thiazole rings is 1. The third kappa shape index (κ3) is 8.94. The van der Waals surface area contributed by atoms with Crippen LogP contribution in [0.5, 0.6) is 0 Å². The van der Waals surface area contributed by atoms with Gasteiger partial charge in [-0.3, -0.25) is 0 Å². The van der Waals surface area contributed by atoms with Crippen LogP contribution in [0.15, 0.2) is 57.0 Å². The van der Waals surface area contributed by atoms with E-state index in [0.29, 0.717) is 10.6 Å². The van der Waals surface area contributed by atoms with Crippen LogP contribution in [-0.2, 0) is 26.8 Å². The van der Waals surface area contributed by atoms with Gasteiger partial charge < -0.3 is 23.3 Å². The molecule has 234 valence electrons. The average Bonchev–Trinajstić information content (AvgIpc) is 3.63. The van der Waals surface area contributed by atoms with Gasteiger partial charge in [0, 0.05) is 39.8 Å². The molecule has 10 nitrogen and oxygen atoms in total. The summed E-state index contributed by atoms with van der Waals surface area (Å²) >= 11 is 9.20. The molecule has 0 atom stereocenters. The van der Waals surface area contributed by atoms with Gasteiger partial charge in [0.2, 0.25) is 5.58 Å². The van der Waals surface area contributed by atoms with Gasteiger partial charge >= 0.3 is 0 Å². The van der Waals surface area contributed by atoms with Gasteiger partial charge in [0.15, 0.2) is 6.54 Å². The molecule has 1 aliphatic rings. The van der Waals surface area contributed by atoms with E-state index in [9.17, 15) is 25.9 Å². The summed E-state index contributed by atoms with van der Waals surface area (Å²) in [7, 11) is -6.61. The molecule has 5 rings (SSSR count). The number of anilines is 1. The molecule has 0 spiro atoms. The molecule has 0 radical (unpaired) electrons. The van der Waals surface area contributed by atoms with E-state index in [1.807, 2.05) is 39.8 Å². The molecule has 0 unspecified atom stereocenters. The fraction of sp³-hybridized carbons (Fsp3) is 0.393. The van der Waals surface area contributed by atoms with Crippen LogP contribution in [0.3, 0.4) is 0 Å². The molecule has 43 heavy (non-hydrogen) atoms. The number of aryl methyl sites for hydroxylation is 1. The summed E-state index contributed by atoms with van der Waals surface area (Å²) in [5.41, 5.74) is 2.27. The lowest BCUT2D eigenvalue weighted by atomic mass is 10.2. The Labute approximate surface area is 265 Å². The summed E-state index contributed by atoms with van der Waals surface area (Å²) in [5, 5.41) is 3.02. The summed E-state index contributed by atoms with van der Waals surface area (Å²) in [6, 6.07) is 11.2. The first-order valence-corrected chi connectivity index (χ1v) is 18.8. The molecule has 4 aromatic rings. The van der Waals surface area contributed by atoms with Gasteiger partial charge in [-0.1, -0.05) is 48.5 Å². The second kappa shape index (κ2) is 14.3. The Morgan fingerprint density at radius 2 is 1.72 bits per heavy atom. The van der Waals surface area contributed by atoms with Crippen LogP contribution < -0.4 is 9.47 Å². The van der Waals surface area contributed by atoms with Crippen LogP contribution >= 0.6 is 34.7 Å². The number of furan rings is 1. The first kappa shape index (κ1) is 33.7. The molecule has 15 heteroatoms. The SMILES string of the molecule is CCN(C)CC.O=S(=O)([O-])CCCN1/C(=C/c2sc3ccc4ccoc4c3[n+]2CCCS(=O)(=O)[O-])Sc2ccc(Cl)cc21. The second-order valence-corrected chi connectivity index (χ2v) is 15.5. The summed E-state index contributed by atoms with van der Waals surface area (Å²) in [4.78, 5) is 5.11. The largest absolute Gasteiger partial charge is 0.748 e. The zero-order chi connectivity index (χ0) is 31.4. The molecule has 0 amide bonds. The van der Waals surface area contributed by atoms with Crippen molar-refractivity contribution in [2.75, 3.05) is 43.1 Å². The minimum absolute atomic E-state index is 0.129. The predicted molar refractivity (Wildman–Crippen MR) is 172 cm³/mol. The Balaban J connectivity index is 0.000000641. The Morgan fingerprint density at radius 3 is 2.37 bits per heavy atom. The van der Waals surface area contributed by atoms with Crippen molar-refractivity contribution in [3.8, 4) is 0 Å². The lowest BCUT2D eigenvalue weighted by molar-refractivity contribution is -0.668. The van der Waals surface area contributed by atoms with Gasteiger partial charge in [-0.25, -0.2) is 16.8 Å². The number of nitrogens with zero attached hydrogens (tertiary/aromatic N) is 3. The van der Waals surface area contributed by atoms with E-state index < -0.39 is 31.7 Å². The number of benzene rings is 2. The van der Waals surface area contributed by atoms with E-state index in [4.69, 9.17) is 16.0 Å². The molecular weight excluding hydrogens is 654 g/mol. The maximum absolute atomic E-state index is 11.2. The highest BCUT2D eigenvalue weighted by Gasteiger charge is 2.29. The third-order valence-corrected chi connectivity index (χ3v) is 10.9. The fourth-order valence-corrected chi connectivity index (χ4v) is 7.92. The molecule has 2 aromatic heterocycles. The fourth-order valence-electron chi connectivity index (χ4n) is 4.48. The lowest BCUT2D eigenvalue weighted by Gasteiger charge is -2.20. The average molecular weight is 687 g/mol. The third-order valence-electron chi connectivity index (χ3n) is 6.88. The number of aromatic nitrogens is 1. The summed E-state index contributed by atoms with van der Waals surface area (Å²) in [6.45, 7) is 7.20. The van der Waals surface area contributed by atoms with Crippen molar-refractivity contribution < 1.29 is 34.9 Å². The van der Waals surface area contributed by atoms with Gasteiger partial charge in [0.05, 0.1) is 43.3 Å². The van der Waals surface area contributed by atoms with Gasteiger partial charge in [-0.2, -0.15) is 4.57 Å². The molecule has 1 aliphatic heterocycles. The molecule has 2 aromatic carbocycles. The molecule has 3 heterocycles. The van der Waals surface area contributed by atoms with Crippen LogP contribution in [0, 0.1) is 0 Å². The molecule has 0 saturated heterocycles. The van der Waals surface area contributed by atoms with Crippen LogP contribution in [0.25, 0.3) is 27.3 Å². The van der Waals surface area contributed by atoms with Crippen molar-refractivity contribution >= 4 is 87.9 Å². The van der Waals surface area contributed by atoms with Crippen molar-refractivity contribution in [3.63, 3.8) is 0 Å². The van der Waals surface area contributed by atoms with Crippen LogP contribution in [-0.4, -0.2) is 69.0 Å². The first-order valence-electron chi connectivity index (χ1n) is 13.6. The summed E-state index contributed by atoms with van der Waals surface area (Å²) in [5.74, 6) is -0.976. The van der Waals surface area contributed by atoms with Crippen LogP contribution in [0.4, 0.5) is 5.69 Å². The summed E-state index contributed by atoms with van der Waals surface area (Å²) < 4.78 is 75.9. The molecule has 0 saturated carbocycles. The normalized spacial score (nSPS) is 14.6. The van der Waals surface area contributed by atoms with Gasteiger partial charge in [-0.05, 0) is 63.0 Å². The van der Waals surface area contributed by atoms with Crippen LogP contribution in [0.2, 0.25) is 5.02 Å². The maximum atomic E-state index is 11.2. The summed E-state index contributed by atoms with van der Waals surface area (Å²) in [6.07, 6.45) is 3.79. The highest BCUT2D eigenvalue weighted by Crippen LogP contribution is 2.48. The standard InChI is InChI=1S/C23H21ClN2O7S4.C5H13N/c24-16-4-6-18-17(13-16)25(8-1-11-36(27,28)29)20(34-18)14-21-26(9-2-12-37(30,31)32)22-19(35-21)5-3-15-7-10-33-23(15)22;1-4-6(3)5-2/h3-7,10,13-14H,1-2,8-9,11-12H2,(H-,27,28,29,30,31,32);4-5H2,1-3H3/p-1. The minimum atomic E-state index is -4.37. The molecular formula is C28H33ClN3O7S4-. The van der Waals surface area contributed by atoms with E-state index in [-0.39, 0.29) is 25.9 Å². The van der Waals surface area contributed by atoms with Crippen molar-refractivity contribution in [1.82, 2.24) is 4.90 Å². The van der Waals surface area contributed by atoms with Gasteiger partial charge in [0.1, 0.15) is 4.70 Å². The van der Waals surface area contributed by atoms with Crippen molar-refractivity contribution in [1.29, 1.82) is 0 Å². The van der Waals surface area contributed by atoms with Crippen molar-refractivity contribution in [2.45, 2.75) is 38.1 Å². The van der Waals surface area contributed by atoms with Crippen molar-refractivity contribution in [2.24, 2.45) is 0 Å². The second-order valence-electron chi connectivity index (χ2n) is 9.91. The Hall–Kier alpha value is -2.17. The molecule has 0 fully saturated rings. The van der Waals surface area contributed by atoms with Gasteiger partial charge in [0.25, 0.3) is 10.5 Å². The number of rotatable bonds is 11. The Morgan fingerprint density at radius 1 is 1.02 bits per heavy atom. The molecule has 0 bridgehead atoms. The quantitative estimate of drug-likeness (QED) is 0.150. The van der Waals surface area contributed by atoms with E-state index in [0.717, 1.165) is 49.3 Å². The minimum Gasteiger partial charge on any atom is -0.748 e. The number of halogens is 1. The number of thioether (sulfide) groups is 1. The lowest BCUT2D eigenvalue weighted by Crippen LogP contribution is -2.36. The predicted octanol–water partition coefficient (Wildman–Crippen LogP) is 5.33. The van der Waals surface area contributed by atoms with Gasteiger partial charge in [-0.15, -0.1) is 0 Å². The number of hydrogen-bond acceptors (Lipinski definition) is 11. The zero-order valence-corrected chi connectivity index (χ0v) is 28.0. The number of hydrogen-bond donors (Lipinski definition) is 0. The highest BCUT2D eigenvalue weighted by atomic mass is 35.5. The van der Waals surface area contributed by atoms with Crippen LogP contribution in [0.1, 0.15) is 31.7 Å². The monoisotopic (exact) mass is 686 g/mol. The topological polar surface area (TPSA) is 138 Å². The zero-order valence-electron chi connectivity index (χ0n) is 24.0. The van der Waals surface area contributed by atoms with Crippen molar-refractivity contribution in [3.05, 3.63) is 57.7 Å². The molecule has 0 N–H and O–H groups in total.